The van der Waals surface area contributed by atoms with E-state index in [-0.39, 0.29) is 12.5 Å². The highest BCUT2D eigenvalue weighted by Gasteiger charge is 2.38. The molecule has 0 spiro atoms. The van der Waals surface area contributed by atoms with Crippen LogP contribution >= 0.6 is 15.9 Å². The zero-order valence-corrected chi connectivity index (χ0v) is 13.5. The predicted molar refractivity (Wildman–Crippen MR) is 81.8 cm³/mol. The highest BCUT2D eigenvalue weighted by atomic mass is 79.9. The van der Waals surface area contributed by atoms with Gasteiger partial charge < -0.3 is 0 Å². The van der Waals surface area contributed by atoms with E-state index in [1.165, 1.54) is 4.90 Å². The molecule has 0 radical (unpaired) electrons. The summed E-state index contributed by atoms with van der Waals surface area (Å²) in [7, 11) is 0. The summed E-state index contributed by atoms with van der Waals surface area (Å²) >= 11 is 3.37. The predicted octanol–water partition coefficient (Wildman–Crippen LogP) is 3.00. The smallest absolute Gasteiger partial charge is 0.269 e. The maximum atomic E-state index is 13.7. The molecule has 5 nitrogen and oxygen atoms in total. The molecular formula is C14H11BrF3N3O2. The molecule has 0 unspecified atom stereocenters. The summed E-state index contributed by atoms with van der Waals surface area (Å²) in [4.78, 5) is 29.5. The lowest BCUT2D eigenvalue weighted by Gasteiger charge is -2.30. The average Bonchev–Trinajstić information content (AvgIpc) is 2.85. The lowest BCUT2D eigenvalue weighted by molar-refractivity contribution is -0.117. The van der Waals surface area contributed by atoms with Crippen molar-refractivity contribution >= 4 is 39.4 Å². The molecule has 23 heavy (non-hydrogen) atoms. The van der Waals surface area contributed by atoms with E-state index in [1.54, 1.807) is 18.2 Å². The number of fused-ring (bicyclic) bond motifs is 1. The minimum Gasteiger partial charge on any atom is -0.278 e. The molecule has 2 amide bonds. The minimum absolute atomic E-state index is 0.0155. The number of hydrogen-bond acceptors (Lipinski definition) is 3. The Morgan fingerprint density at radius 1 is 1.30 bits per heavy atom. The van der Waals surface area contributed by atoms with Crippen molar-refractivity contribution in [2.45, 2.75) is 6.92 Å². The Hall–Kier alpha value is -2.16. The lowest BCUT2D eigenvalue weighted by Crippen LogP contribution is -2.47. The van der Waals surface area contributed by atoms with Crippen molar-refractivity contribution in [2.75, 3.05) is 18.4 Å². The van der Waals surface area contributed by atoms with E-state index in [4.69, 9.17) is 0 Å². The topological polar surface area (TPSA) is 53.0 Å². The summed E-state index contributed by atoms with van der Waals surface area (Å²) in [6.07, 6.45) is 0.856. The Kier molecular flexibility index (Phi) is 5.19. The van der Waals surface area contributed by atoms with Gasteiger partial charge in [-0.05, 0) is 30.7 Å². The zero-order chi connectivity index (χ0) is 17.1. The molecule has 9 heteroatoms. The van der Waals surface area contributed by atoms with Crippen LogP contribution in [0.2, 0.25) is 0 Å². The van der Waals surface area contributed by atoms with Crippen LogP contribution < -0.4 is 4.90 Å². The zero-order valence-electron chi connectivity index (χ0n) is 11.9. The Bertz CT molecular complexity index is 721. The molecule has 2 aliphatic heterocycles. The minimum atomic E-state index is -1.75. The van der Waals surface area contributed by atoms with Gasteiger partial charge in [0.2, 0.25) is 18.8 Å². The van der Waals surface area contributed by atoms with Crippen LogP contribution in [0.5, 0.6) is 0 Å². The van der Waals surface area contributed by atoms with Gasteiger partial charge in [0, 0.05) is 4.47 Å². The van der Waals surface area contributed by atoms with Gasteiger partial charge in [0.1, 0.15) is 6.54 Å². The molecule has 0 saturated heterocycles. The van der Waals surface area contributed by atoms with Gasteiger partial charge in [0.05, 0.1) is 11.8 Å². The van der Waals surface area contributed by atoms with E-state index in [2.05, 4.69) is 20.9 Å². The standard InChI is InChI=1S/C13H9BrFN3O2.CH2F2/c1-7-4-8(2-3-9(7)14)18-12(20)5-10(15)17-6-11(19)16-13(17)18;2-1-3/h2-5H,6H2,1H3;1H2. The number of hydrogen-bond donors (Lipinski definition) is 0. The van der Waals surface area contributed by atoms with E-state index < -0.39 is 24.7 Å². The van der Waals surface area contributed by atoms with Crippen molar-refractivity contribution in [2.24, 2.45) is 4.99 Å². The molecule has 3 rings (SSSR count). The summed E-state index contributed by atoms with van der Waals surface area (Å²) in [6.45, 7) is -0.0607. The average molecular weight is 390 g/mol. The van der Waals surface area contributed by atoms with Crippen LogP contribution in [-0.2, 0) is 9.59 Å². The highest BCUT2D eigenvalue weighted by Crippen LogP contribution is 2.29. The Morgan fingerprint density at radius 3 is 2.57 bits per heavy atom. The first-order chi connectivity index (χ1) is 10.9. The third kappa shape index (κ3) is 3.44. The van der Waals surface area contributed by atoms with Crippen LogP contribution in [0, 0.1) is 6.92 Å². The number of benzene rings is 1. The Balaban J connectivity index is 0.000000595. The molecule has 1 aromatic rings. The Morgan fingerprint density at radius 2 is 1.96 bits per heavy atom. The fourth-order valence-corrected chi connectivity index (χ4v) is 2.36. The number of halogens is 4. The van der Waals surface area contributed by atoms with E-state index in [9.17, 15) is 22.8 Å². The number of amides is 2. The molecule has 0 fully saturated rings. The summed E-state index contributed by atoms with van der Waals surface area (Å²) in [6, 6.07) is 5.26. The van der Waals surface area contributed by atoms with Crippen LogP contribution in [0.3, 0.4) is 0 Å². The van der Waals surface area contributed by atoms with Gasteiger partial charge in [-0.1, -0.05) is 15.9 Å². The maximum Gasteiger partial charge on any atom is 0.269 e. The van der Waals surface area contributed by atoms with Crippen molar-refractivity contribution < 1.29 is 22.8 Å². The van der Waals surface area contributed by atoms with E-state index >= 15 is 0 Å². The van der Waals surface area contributed by atoms with E-state index in [0.717, 1.165) is 21.0 Å². The van der Waals surface area contributed by atoms with Gasteiger partial charge in [-0.3, -0.25) is 14.5 Å². The number of carbonyl (C=O) groups is 2. The molecule has 0 atom stereocenters. The molecule has 122 valence electrons. The second kappa shape index (κ2) is 6.95. The largest absolute Gasteiger partial charge is 0.278 e. The fourth-order valence-electron chi connectivity index (χ4n) is 2.11. The normalized spacial score (nSPS) is 16.6. The number of anilines is 1. The van der Waals surface area contributed by atoms with Gasteiger partial charge >= 0.3 is 0 Å². The molecule has 1 aromatic carbocycles. The quantitative estimate of drug-likeness (QED) is 0.693. The van der Waals surface area contributed by atoms with Crippen LogP contribution in [0.25, 0.3) is 0 Å². The number of rotatable bonds is 1. The van der Waals surface area contributed by atoms with Crippen molar-refractivity contribution in [3.05, 3.63) is 40.3 Å². The highest BCUT2D eigenvalue weighted by molar-refractivity contribution is 9.10. The summed E-state index contributed by atoms with van der Waals surface area (Å²) in [5.41, 5.74) is 1.46. The first-order valence-electron chi connectivity index (χ1n) is 6.37. The molecule has 0 saturated carbocycles. The van der Waals surface area contributed by atoms with Gasteiger partial charge in [-0.2, -0.15) is 9.38 Å². The number of carbonyl (C=O) groups excluding carboxylic acids is 2. The van der Waals surface area contributed by atoms with Crippen LogP contribution in [0.1, 0.15) is 5.56 Å². The number of alkyl halides is 2. The van der Waals surface area contributed by atoms with Gasteiger partial charge in [-0.15, -0.1) is 0 Å². The molecule has 0 aromatic heterocycles. The van der Waals surface area contributed by atoms with Gasteiger partial charge in [0.25, 0.3) is 11.8 Å². The first kappa shape index (κ1) is 17.2. The van der Waals surface area contributed by atoms with E-state index in [1.807, 2.05) is 6.92 Å². The van der Waals surface area contributed by atoms with Crippen molar-refractivity contribution in [1.82, 2.24) is 4.90 Å². The summed E-state index contributed by atoms with van der Waals surface area (Å²) in [5, 5.41) is 0. The molecule has 2 heterocycles. The molecule has 0 N–H and O–H groups in total. The van der Waals surface area contributed by atoms with Crippen LogP contribution in [0.15, 0.2) is 39.7 Å². The number of nitrogens with zero attached hydrogens (tertiary/aromatic N) is 3. The first-order valence-corrected chi connectivity index (χ1v) is 7.16. The fraction of sp³-hybridized carbons (Fsp3) is 0.214. The monoisotopic (exact) mass is 389 g/mol. The lowest BCUT2D eigenvalue weighted by atomic mass is 10.2. The van der Waals surface area contributed by atoms with Crippen molar-refractivity contribution in [1.29, 1.82) is 0 Å². The third-order valence-electron chi connectivity index (χ3n) is 3.08. The third-order valence-corrected chi connectivity index (χ3v) is 3.97. The number of aryl methyl sites for hydroxylation is 1. The number of guanidine groups is 1. The maximum absolute atomic E-state index is 13.7. The van der Waals surface area contributed by atoms with E-state index in [0.29, 0.717) is 5.69 Å². The van der Waals surface area contributed by atoms with Gasteiger partial charge in [0.15, 0.2) is 0 Å². The molecule has 2 aliphatic rings. The summed E-state index contributed by atoms with van der Waals surface area (Å²) < 4.78 is 33.8. The number of aliphatic imine (C=N–C) groups is 1. The van der Waals surface area contributed by atoms with Crippen LogP contribution in [0.4, 0.5) is 18.9 Å². The molecule has 0 aliphatic carbocycles. The van der Waals surface area contributed by atoms with Crippen molar-refractivity contribution in [3.63, 3.8) is 0 Å². The molecular weight excluding hydrogens is 379 g/mol. The molecule has 0 bridgehead atoms. The van der Waals surface area contributed by atoms with Gasteiger partial charge in [-0.25, -0.2) is 13.7 Å². The Labute approximate surface area is 138 Å². The van der Waals surface area contributed by atoms with Crippen molar-refractivity contribution in [3.8, 4) is 0 Å². The SMILES string of the molecule is Cc1cc(N2C(=O)C=C(F)N3CC(=O)N=C32)ccc1Br.FCF. The summed E-state index contributed by atoms with van der Waals surface area (Å²) in [5.74, 6) is -1.78. The second-order valence-electron chi connectivity index (χ2n) is 4.57. The second-order valence-corrected chi connectivity index (χ2v) is 5.42. The van der Waals surface area contributed by atoms with Crippen LogP contribution in [-0.4, -0.2) is 36.1 Å².